The molecule has 0 saturated heterocycles. The standard InChI is InChI=1S/C22H20N2O3/c1-27-20(25)17-9-5-7-15(13-17)16-8-6-12-19(14-16)22(24,21(23)26)18-10-3-2-4-11-18/h2-14H,24H2,1H3,(H2,23,26). The molecule has 0 bridgehead atoms. The van der Waals surface area contributed by atoms with Crippen molar-refractivity contribution in [2.45, 2.75) is 5.54 Å². The quantitative estimate of drug-likeness (QED) is 0.684. The molecule has 136 valence electrons. The topological polar surface area (TPSA) is 95.4 Å². The summed E-state index contributed by atoms with van der Waals surface area (Å²) in [5.74, 6) is -1.06. The van der Waals surface area contributed by atoms with E-state index in [2.05, 4.69) is 0 Å². The van der Waals surface area contributed by atoms with Crippen molar-refractivity contribution in [1.29, 1.82) is 0 Å². The Balaban J connectivity index is 2.10. The van der Waals surface area contributed by atoms with E-state index in [1.165, 1.54) is 7.11 Å². The monoisotopic (exact) mass is 360 g/mol. The molecule has 27 heavy (non-hydrogen) atoms. The molecule has 5 nitrogen and oxygen atoms in total. The van der Waals surface area contributed by atoms with Crippen LogP contribution in [0.2, 0.25) is 0 Å². The third-order valence-electron chi connectivity index (χ3n) is 4.55. The molecule has 0 spiro atoms. The van der Waals surface area contributed by atoms with Gasteiger partial charge in [-0.15, -0.1) is 0 Å². The molecule has 0 radical (unpaired) electrons. The number of amides is 1. The molecule has 0 aliphatic rings. The van der Waals surface area contributed by atoms with Crippen LogP contribution in [-0.2, 0) is 15.1 Å². The molecule has 5 heteroatoms. The largest absolute Gasteiger partial charge is 0.465 e. The molecule has 0 aliphatic carbocycles. The summed E-state index contributed by atoms with van der Waals surface area (Å²) in [5.41, 5.74) is 13.9. The maximum absolute atomic E-state index is 12.3. The van der Waals surface area contributed by atoms with Gasteiger partial charge in [-0.3, -0.25) is 4.79 Å². The van der Waals surface area contributed by atoms with E-state index in [1.807, 2.05) is 42.5 Å². The van der Waals surface area contributed by atoms with Gasteiger partial charge >= 0.3 is 5.97 Å². The average Bonchev–Trinajstić information content (AvgIpc) is 2.73. The number of rotatable bonds is 5. The molecule has 0 aromatic heterocycles. The third kappa shape index (κ3) is 3.45. The van der Waals surface area contributed by atoms with Crippen LogP contribution in [0.1, 0.15) is 21.5 Å². The van der Waals surface area contributed by atoms with Gasteiger partial charge in [-0.1, -0.05) is 60.7 Å². The second-order valence-electron chi connectivity index (χ2n) is 6.19. The number of carbonyl (C=O) groups is 2. The minimum absolute atomic E-state index is 0.414. The van der Waals surface area contributed by atoms with Gasteiger partial charge in [-0.2, -0.15) is 0 Å². The lowest BCUT2D eigenvalue weighted by molar-refractivity contribution is -0.122. The first-order valence-electron chi connectivity index (χ1n) is 8.40. The van der Waals surface area contributed by atoms with E-state index in [0.717, 1.165) is 11.1 Å². The summed E-state index contributed by atoms with van der Waals surface area (Å²) in [4.78, 5) is 24.1. The fourth-order valence-electron chi connectivity index (χ4n) is 3.04. The molecular formula is C22H20N2O3. The van der Waals surface area contributed by atoms with Crippen LogP contribution < -0.4 is 11.5 Å². The van der Waals surface area contributed by atoms with Crippen LogP contribution in [0.4, 0.5) is 0 Å². The van der Waals surface area contributed by atoms with Crippen LogP contribution in [-0.4, -0.2) is 19.0 Å². The Morgan fingerprint density at radius 2 is 1.41 bits per heavy atom. The number of carbonyl (C=O) groups excluding carboxylic acids is 2. The number of benzene rings is 3. The minimum atomic E-state index is -1.46. The van der Waals surface area contributed by atoms with E-state index in [9.17, 15) is 9.59 Å². The molecule has 1 atom stereocenters. The van der Waals surface area contributed by atoms with E-state index in [0.29, 0.717) is 16.7 Å². The zero-order valence-corrected chi connectivity index (χ0v) is 14.9. The van der Waals surface area contributed by atoms with Gasteiger partial charge in [0.15, 0.2) is 0 Å². The summed E-state index contributed by atoms with van der Waals surface area (Å²) in [6.07, 6.45) is 0. The number of esters is 1. The number of methoxy groups -OCH3 is 1. The predicted molar refractivity (Wildman–Crippen MR) is 104 cm³/mol. The van der Waals surface area contributed by atoms with Crippen molar-refractivity contribution in [3.05, 3.63) is 95.6 Å². The number of hydrogen-bond donors (Lipinski definition) is 2. The number of primary amides is 1. The Morgan fingerprint density at radius 3 is 2.04 bits per heavy atom. The van der Waals surface area contributed by atoms with E-state index in [4.69, 9.17) is 16.2 Å². The molecule has 3 rings (SSSR count). The molecule has 3 aromatic rings. The normalized spacial score (nSPS) is 12.8. The highest BCUT2D eigenvalue weighted by Crippen LogP contribution is 2.30. The predicted octanol–water partition coefficient (Wildman–Crippen LogP) is 2.83. The fourth-order valence-corrected chi connectivity index (χ4v) is 3.04. The molecule has 1 amide bonds. The summed E-state index contributed by atoms with van der Waals surface area (Å²) in [5, 5.41) is 0. The minimum Gasteiger partial charge on any atom is -0.465 e. The van der Waals surface area contributed by atoms with Gasteiger partial charge in [0.1, 0.15) is 5.54 Å². The van der Waals surface area contributed by atoms with Gasteiger partial charge in [-0.25, -0.2) is 4.79 Å². The van der Waals surface area contributed by atoms with Crippen molar-refractivity contribution >= 4 is 11.9 Å². The van der Waals surface area contributed by atoms with Crippen LogP contribution in [0.15, 0.2) is 78.9 Å². The highest BCUT2D eigenvalue weighted by atomic mass is 16.5. The Morgan fingerprint density at radius 1 is 0.815 bits per heavy atom. The smallest absolute Gasteiger partial charge is 0.337 e. The average molecular weight is 360 g/mol. The summed E-state index contributed by atoms with van der Waals surface area (Å²) >= 11 is 0. The van der Waals surface area contributed by atoms with Crippen molar-refractivity contribution in [2.75, 3.05) is 7.11 Å². The lowest BCUT2D eigenvalue weighted by atomic mass is 9.82. The first-order chi connectivity index (χ1) is 13.0. The zero-order valence-electron chi connectivity index (χ0n) is 14.9. The Bertz CT molecular complexity index is 986. The van der Waals surface area contributed by atoms with E-state index >= 15 is 0 Å². The molecule has 4 N–H and O–H groups in total. The highest BCUT2D eigenvalue weighted by molar-refractivity contribution is 5.92. The van der Waals surface area contributed by atoms with Crippen LogP contribution in [0, 0.1) is 0 Å². The van der Waals surface area contributed by atoms with E-state index < -0.39 is 17.4 Å². The van der Waals surface area contributed by atoms with Gasteiger partial charge in [0, 0.05) is 0 Å². The zero-order chi connectivity index (χ0) is 19.4. The van der Waals surface area contributed by atoms with Crippen molar-refractivity contribution < 1.29 is 14.3 Å². The van der Waals surface area contributed by atoms with Crippen LogP contribution >= 0.6 is 0 Å². The van der Waals surface area contributed by atoms with Gasteiger partial charge < -0.3 is 16.2 Å². The van der Waals surface area contributed by atoms with E-state index in [1.54, 1.807) is 36.4 Å². The maximum atomic E-state index is 12.3. The molecule has 0 saturated carbocycles. The van der Waals surface area contributed by atoms with Gasteiger partial charge in [0.05, 0.1) is 12.7 Å². The molecule has 0 aliphatic heterocycles. The fraction of sp³-hybridized carbons (Fsp3) is 0.0909. The second kappa shape index (κ2) is 7.43. The first-order valence-corrected chi connectivity index (χ1v) is 8.40. The third-order valence-corrected chi connectivity index (χ3v) is 4.55. The first kappa shape index (κ1) is 18.4. The number of nitrogens with two attached hydrogens (primary N) is 2. The van der Waals surface area contributed by atoms with Crippen molar-refractivity contribution in [3.63, 3.8) is 0 Å². The lowest BCUT2D eigenvalue weighted by Gasteiger charge is -2.27. The Labute approximate surface area is 157 Å². The molecule has 0 fully saturated rings. The van der Waals surface area contributed by atoms with Crippen LogP contribution in [0.3, 0.4) is 0 Å². The second-order valence-corrected chi connectivity index (χ2v) is 6.19. The maximum Gasteiger partial charge on any atom is 0.337 e. The molecular weight excluding hydrogens is 340 g/mol. The van der Waals surface area contributed by atoms with Gasteiger partial charge in [0.2, 0.25) is 5.91 Å². The highest BCUT2D eigenvalue weighted by Gasteiger charge is 2.36. The van der Waals surface area contributed by atoms with Crippen molar-refractivity contribution in [3.8, 4) is 11.1 Å². The number of hydrogen-bond acceptors (Lipinski definition) is 4. The van der Waals surface area contributed by atoms with Crippen LogP contribution in [0.25, 0.3) is 11.1 Å². The van der Waals surface area contributed by atoms with Gasteiger partial charge in [-0.05, 0) is 40.5 Å². The van der Waals surface area contributed by atoms with Crippen molar-refractivity contribution in [2.24, 2.45) is 11.5 Å². The van der Waals surface area contributed by atoms with Crippen molar-refractivity contribution in [1.82, 2.24) is 0 Å². The summed E-state index contributed by atoms with van der Waals surface area (Å²) in [6, 6.07) is 23.3. The number of ether oxygens (including phenoxy) is 1. The Hall–Kier alpha value is -3.44. The molecule has 1 unspecified atom stereocenters. The summed E-state index contributed by atoms with van der Waals surface area (Å²) in [6.45, 7) is 0. The van der Waals surface area contributed by atoms with Crippen LogP contribution in [0.5, 0.6) is 0 Å². The van der Waals surface area contributed by atoms with Gasteiger partial charge in [0.25, 0.3) is 0 Å². The lowest BCUT2D eigenvalue weighted by Crippen LogP contribution is -2.50. The van der Waals surface area contributed by atoms with E-state index in [-0.39, 0.29) is 0 Å². The SMILES string of the molecule is COC(=O)c1cccc(-c2cccc(C(N)(C(N)=O)c3ccccc3)c2)c1. The molecule has 3 aromatic carbocycles. The summed E-state index contributed by atoms with van der Waals surface area (Å²) in [7, 11) is 1.34. The summed E-state index contributed by atoms with van der Waals surface area (Å²) < 4.78 is 4.77. The Kier molecular flexibility index (Phi) is 5.05. The molecule has 0 heterocycles.